The van der Waals surface area contributed by atoms with Crippen LogP contribution in [0, 0.1) is 5.92 Å². The second-order valence-corrected chi connectivity index (χ2v) is 3.86. The highest BCUT2D eigenvalue weighted by Crippen LogP contribution is 2.29. The van der Waals surface area contributed by atoms with Gasteiger partial charge in [0.05, 0.1) is 6.10 Å². The molecule has 1 heteroatoms. The van der Waals surface area contributed by atoms with Gasteiger partial charge in [0.1, 0.15) is 0 Å². The van der Waals surface area contributed by atoms with E-state index in [1.165, 1.54) is 5.57 Å². The zero-order valence-electron chi connectivity index (χ0n) is 7.72. The molecule has 0 aromatic heterocycles. The maximum Gasteiger partial charge on any atom is 0.0580 e. The topological polar surface area (TPSA) is 20.2 Å². The number of hydrogen-bond acceptors (Lipinski definition) is 1. The highest BCUT2D eigenvalue weighted by molar-refractivity contribution is 5.18. The van der Waals surface area contributed by atoms with Gasteiger partial charge in [-0.1, -0.05) is 25.0 Å². The van der Waals surface area contributed by atoms with Crippen molar-refractivity contribution in [2.24, 2.45) is 5.92 Å². The molecule has 1 nitrogen and oxygen atoms in total. The van der Waals surface area contributed by atoms with Gasteiger partial charge in [-0.15, -0.1) is 0 Å². The molecule has 1 aliphatic rings. The molecule has 11 heavy (non-hydrogen) atoms. The van der Waals surface area contributed by atoms with Crippen molar-refractivity contribution in [3.8, 4) is 0 Å². The van der Waals surface area contributed by atoms with E-state index in [2.05, 4.69) is 20.8 Å². The first-order chi connectivity index (χ1) is 5.11. The molecule has 1 aliphatic carbocycles. The Hall–Kier alpha value is -0.300. The van der Waals surface area contributed by atoms with Crippen LogP contribution in [0.2, 0.25) is 0 Å². The van der Waals surface area contributed by atoms with Crippen LogP contribution in [0.25, 0.3) is 0 Å². The maximum atomic E-state index is 9.34. The van der Waals surface area contributed by atoms with Crippen LogP contribution in [-0.4, -0.2) is 11.2 Å². The van der Waals surface area contributed by atoms with Crippen LogP contribution >= 0.6 is 0 Å². The van der Waals surface area contributed by atoms with Gasteiger partial charge in [0.25, 0.3) is 0 Å². The molecule has 64 valence electrons. The second kappa shape index (κ2) is 3.40. The van der Waals surface area contributed by atoms with Gasteiger partial charge in [-0.2, -0.15) is 0 Å². The normalized spacial score (nSPS) is 26.5. The molecule has 0 spiro atoms. The van der Waals surface area contributed by atoms with Crippen LogP contribution in [0.4, 0.5) is 0 Å². The molecule has 0 aromatic rings. The molecular formula is C10H18O. The summed E-state index contributed by atoms with van der Waals surface area (Å²) in [6.45, 7) is 6.62. The molecule has 1 rings (SSSR count). The highest BCUT2D eigenvalue weighted by atomic mass is 16.3. The number of hydrogen-bond donors (Lipinski definition) is 1. The largest absolute Gasteiger partial charge is 0.393 e. The number of rotatable bonds is 1. The average Bonchev–Trinajstić information content (AvgIpc) is 1.85. The molecule has 0 aromatic carbocycles. The van der Waals surface area contributed by atoms with Crippen LogP contribution in [0.1, 0.15) is 40.0 Å². The minimum Gasteiger partial charge on any atom is -0.393 e. The second-order valence-electron chi connectivity index (χ2n) is 3.86. The molecule has 0 radical (unpaired) electrons. The maximum absolute atomic E-state index is 9.34. The number of aliphatic hydroxyl groups is 1. The summed E-state index contributed by atoms with van der Waals surface area (Å²) in [6, 6.07) is 0. The lowest BCUT2D eigenvalue weighted by Crippen LogP contribution is -2.15. The Morgan fingerprint density at radius 1 is 1.45 bits per heavy atom. The molecule has 0 aliphatic heterocycles. The van der Waals surface area contributed by atoms with E-state index in [0.29, 0.717) is 5.92 Å². The lowest BCUT2D eigenvalue weighted by molar-refractivity contribution is 0.156. The summed E-state index contributed by atoms with van der Waals surface area (Å²) in [5.41, 5.74) is 2.98. The Morgan fingerprint density at radius 3 is 2.55 bits per heavy atom. The molecule has 1 N–H and O–H groups in total. The third-order valence-corrected chi connectivity index (χ3v) is 2.53. The van der Waals surface area contributed by atoms with E-state index in [0.717, 1.165) is 19.3 Å². The summed E-state index contributed by atoms with van der Waals surface area (Å²) in [5.74, 6) is 0.669. The lowest BCUT2D eigenvalue weighted by atomic mass is 9.85. The van der Waals surface area contributed by atoms with Gasteiger partial charge in [0, 0.05) is 0 Å². The predicted octanol–water partition coefficient (Wildman–Crippen LogP) is 2.50. The van der Waals surface area contributed by atoms with Gasteiger partial charge in [0.15, 0.2) is 0 Å². The summed E-state index contributed by atoms with van der Waals surface area (Å²) in [6.07, 6.45) is 2.89. The fraction of sp³-hybridized carbons (Fsp3) is 0.800. The zero-order chi connectivity index (χ0) is 8.43. The smallest absolute Gasteiger partial charge is 0.0580 e. The lowest BCUT2D eigenvalue weighted by Gasteiger charge is -2.24. The molecule has 0 saturated carbocycles. The third-order valence-electron chi connectivity index (χ3n) is 2.53. The molecule has 0 fully saturated rings. The Bertz CT molecular complexity index is 168. The first-order valence-electron chi connectivity index (χ1n) is 4.48. The van der Waals surface area contributed by atoms with Crippen molar-refractivity contribution in [3.05, 3.63) is 11.1 Å². The average molecular weight is 154 g/mol. The monoisotopic (exact) mass is 154 g/mol. The Morgan fingerprint density at radius 2 is 2.09 bits per heavy atom. The van der Waals surface area contributed by atoms with Crippen molar-refractivity contribution in [2.45, 2.75) is 46.1 Å². The standard InChI is InChI=1S/C10H18O/c1-7(2)10-5-4-9(11)6-8(10)3/h7,9,11H,4-6H2,1-3H3. The Balaban J connectivity index is 2.70. The molecule has 0 saturated heterocycles. The molecule has 1 atom stereocenters. The van der Waals surface area contributed by atoms with Crippen molar-refractivity contribution >= 4 is 0 Å². The van der Waals surface area contributed by atoms with Crippen molar-refractivity contribution in [1.29, 1.82) is 0 Å². The molecule has 1 unspecified atom stereocenters. The van der Waals surface area contributed by atoms with E-state index in [4.69, 9.17) is 0 Å². The number of aliphatic hydroxyl groups excluding tert-OH is 1. The van der Waals surface area contributed by atoms with Crippen molar-refractivity contribution in [1.82, 2.24) is 0 Å². The summed E-state index contributed by atoms with van der Waals surface area (Å²) < 4.78 is 0. The summed E-state index contributed by atoms with van der Waals surface area (Å²) in [4.78, 5) is 0. The van der Waals surface area contributed by atoms with Crippen molar-refractivity contribution in [3.63, 3.8) is 0 Å². The van der Waals surface area contributed by atoms with Gasteiger partial charge >= 0.3 is 0 Å². The third kappa shape index (κ3) is 2.06. The van der Waals surface area contributed by atoms with Gasteiger partial charge in [0.2, 0.25) is 0 Å². The van der Waals surface area contributed by atoms with E-state index < -0.39 is 0 Å². The van der Waals surface area contributed by atoms with E-state index in [-0.39, 0.29) is 6.10 Å². The number of allylic oxidation sites excluding steroid dienone is 1. The van der Waals surface area contributed by atoms with Gasteiger partial charge in [-0.05, 0) is 32.1 Å². The first kappa shape index (κ1) is 8.79. The van der Waals surface area contributed by atoms with Gasteiger partial charge in [-0.25, -0.2) is 0 Å². The summed E-state index contributed by atoms with van der Waals surface area (Å²) in [7, 11) is 0. The Labute approximate surface area is 69.1 Å². The predicted molar refractivity (Wildman–Crippen MR) is 47.4 cm³/mol. The van der Waals surface area contributed by atoms with Crippen LogP contribution in [0.15, 0.2) is 11.1 Å². The summed E-state index contributed by atoms with van der Waals surface area (Å²) >= 11 is 0. The first-order valence-corrected chi connectivity index (χ1v) is 4.48. The highest BCUT2D eigenvalue weighted by Gasteiger charge is 2.17. The quantitative estimate of drug-likeness (QED) is 0.575. The molecule has 0 amide bonds. The minimum absolute atomic E-state index is 0.0718. The minimum atomic E-state index is -0.0718. The van der Waals surface area contributed by atoms with Crippen molar-refractivity contribution in [2.75, 3.05) is 0 Å². The molecule has 0 bridgehead atoms. The van der Waals surface area contributed by atoms with E-state index in [9.17, 15) is 5.11 Å². The zero-order valence-corrected chi connectivity index (χ0v) is 7.72. The van der Waals surface area contributed by atoms with E-state index in [1.54, 1.807) is 5.57 Å². The fourth-order valence-electron chi connectivity index (χ4n) is 1.90. The van der Waals surface area contributed by atoms with Gasteiger partial charge in [-0.3, -0.25) is 0 Å². The van der Waals surface area contributed by atoms with Crippen LogP contribution < -0.4 is 0 Å². The molecule has 0 heterocycles. The SMILES string of the molecule is CC1=C(C(C)C)CCC(O)C1. The van der Waals surface area contributed by atoms with E-state index >= 15 is 0 Å². The molecular weight excluding hydrogens is 136 g/mol. The fourth-order valence-corrected chi connectivity index (χ4v) is 1.90. The summed E-state index contributed by atoms with van der Waals surface area (Å²) in [5, 5.41) is 9.34. The Kier molecular flexibility index (Phi) is 2.72. The van der Waals surface area contributed by atoms with Crippen molar-refractivity contribution < 1.29 is 5.11 Å². The van der Waals surface area contributed by atoms with Gasteiger partial charge < -0.3 is 5.11 Å². The van der Waals surface area contributed by atoms with Crippen LogP contribution in [0.5, 0.6) is 0 Å². The van der Waals surface area contributed by atoms with Crippen LogP contribution in [0.3, 0.4) is 0 Å². The van der Waals surface area contributed by atoms with E-state index in [1.807, 2.05) is 0 Å². The van der Waals surface area contributed by atoms with Crippen LogP contribution in [-0.2, 0) is 0 Å².